The van der Waals surface area contributed by atoms with Crippen molar-refractivity contribution in [1.29, 1.82) is 0 Å². The van der Waals surface area contributed by atoms with Crippen molar-refractivity contribution < 1.29 is 14.3 Å². The van der Waals surface area contributed by atoms with Crippen LogP contribution in [-0.2, 0) is 20.7 Å². The average Bonchev–Trinajstić information content (AvgIpc) is 2.79. The fourth-order valence-corrected chi connectivity index (χ4v) is 2.06. The fraction of sp³-hybridized carbons (Fsp3) is 0.417. The molecule has 0 aliphatic carbocycles. The molecule has 7 heteroatoms. The third-order valence-corrected chi connectivity index (χ3v) is 2.95. The summed E-state index contributed by atoms with van der Waals surface area (Å²) in [6.45, 7) is 1.89. The Morgan fingerprint density at radius 3 is 3.16 bits per heavy atom. The number of amides is 1. The summed E-state index contributed by atoms with van der Waals surface area (Å²) in [4.78, 5) is 27.0. The van der Waals surface area contributed by atoms with Gasteiger partial charge in [-0.15, -0.1) is 0 Å². The molecule has 0 fully saturated rings. The van der Waals surface area contributed by atoms with Crippen LogP contribution in [0.4, 0.5) is 5.69 Å². The number of halogens is 1. The lowest BCUT2D eigenvalue weighted by atomic mass is 10.1. The SMILES string of the molecule is CCOC(=O)CNC(=O)C1Cc2cc(Cl)ncc2N1. The number of rotatable bonds is 4. The minimum absolute atomic E-state index is 0.125. The number of nitrogens with one attached hydrogen (secondary N) is 2. The summed E-state index contributed by atoms with van der Waals surface area (Å²) in [6.07, 6.45) is 2.11. The molecule has 102 valence electrons. The quantitative estimate of drug-likeness (QED) is 0.630. The topological polar surface area (TPSA) is 80.3 Å². The highest BCUT2D eigenvalue weighted by Crippen LogP contribution is 2.26. The van der Waals surface area contributed by atoms with Gasteiger partial charge in [0.2, 0.25) is 5.91 Å². The van der Waals surface area contributed by atoms with Crippen LogP contribution in [0.2, 0.25) is 5.15 Å². The molecule has 0 aromatic carbocycles. The molecule has 1 amide bonds. The van der Waals surface area contributed by atoms with Crippen molar-refractivity contribution >= 4 is 29.2 Å². The van der Waals surface area contributed by atoms with E-state index in [9.17, 15) is 9.59 Å². The van der Waals surface area contributed by atoms with Gasteiger partial charge in [0.1, 0.15) is 17.7 Å². The first-order valence-electron chi connectivity index (χ1n) is 5.94. The van der Waals surface area contributed by atoms with Gasteiger partial charge in [0.15, 0.2) is 0 Å². The van der Waals surface area contributed by atoms with Crippen molar-refractivity contribution in [3.63, 3.8) is 0 Å². The van der Waals surface area contributed by atoms with Crippen LogP contribution in [0.25, 0.3) is 0 Å². The molecule has 0 spiro atoms. The highest BCUT2D eigenvalue weighted by molar-refractivity contribution is 6.29. The minimum Gasteiger partial charge on any atom is -0.465 e. The first-order valence-corrected chi connectivity index (χ1v) is 6.32. The molecule has 2 rings (SSSR count). The van der Waals surface area contributed by atoms with Crippen LogP contribution in [0, 0.1) is 0 Å². The van der Waals surface area contributed by atoms with Gasteiger partial charge in [-0.3, -0.25) is 9.59 Å². The molecule has 2 heterocycles. The smallest absolute Gasteiger partial charge is 0.325 e. The summed E-state index contributed by atoms with van der Waals surface area (Å²) in [6, 6.07) is 1.31. The van der Waals surface area contributed by atoms with E-state index in [0.717, 1.165) is 11.3 Å². The number of hydrogen-bond donors (Lipinski definition) is 2. The van der Waals surface area contributed by atoms with Gasteiger partial charge in [0.25, 0.3) is 0 Å². The Labute approximate surface area is 115 Å². The van der Waals surface area contributed by atoms with E-state index in [1.165, 1.54) is 0 Å². The predicted molar refractivity (Wildman–Crippen MR) is 70.0 cm³/mol. The van der Waals surface area contributed by atoms with Crippen LogP contribution >= 0.6 is 11.6 Å². The zero-order valence-electron chi connectivity index (χ0n) is 10.4. The summed E-state index contributed by atoms with van der Waals surface area (Å²) in [5.74, 6) is -0.698. The van der Waals surface area contributed by atoms with E-state index in [4.69, 9.17) is 16.3 Å². The molecule has 1 aromatic heterocycles. The third-order valence-electron chi connectivity index (χ3n) is 2.74. The van der Waals surface area contributed by atoms with Crippen LogP contribution in [-0.4, -0.2) is 36.1 Å². The Bertz CT molecular complexity index is 507. The molecule has 19 heavy (non-hydrogen) atoms. The van der Waals surface area contributed by atoms with E-state index in [2.05, 4.69) is 15.6 Å². The lowest BCUT2D eigenvalue weighted by Gasteiger charge is -2.11. The number of carbonyl (C=O) groups excluding carboxylic acids is 2. The van der Waals surface area contributed by atoms with Gasteiger partial charge in [-0.2, -0.15) is 0 Å². The summed E-state index contributed by atoms with van der Waals surface area (Å²) < 4.78 is 4.73. The Hall–Kier alpha value is -1.82. The van der Waals surface area contributed by atoms with Crippen LogP contribution in [0.5, 0.6) is 0 Å². The predicted octanol–water partition coefficient (Wildman–Crippen LogP) is 0.751. The van der Waals surface area contributed by atoms with E-state index in [0.29, 0.717) is 18.2 Å². The highest BCUT2D eigenvalue weighted by Gasteiger charge is 2.27. The van der Waals surface area contributed by atoms with Crippen LogP contribution in [0.1, 0.15) is 12.5 Å². The summed E-state index contributed by atoms with van der Waals surface area (Å²) >= 11 is 5.79. The first-order chi connectivity index (χ1) is 9.10. The molecule has 1 aliphatic heterocycles. The number of fused-ring (bicyclic) bond motifs is 1. The van der Waals surface area contributed by atoms with E-state index < -0.39 is 12.0 Å². The van der Waals surface area contributed by atoms with Crippen molar-refractivity contribution in [2.24, 2.45) is 0 Å². The van der Waals surface area contributed by atoms with Gasteiger partial charge >= 0.3 is 5.97 Å². The molecule has 1 atom stereocenters. The normalized spacial score (nSPS) is 16.4. The Morgan fingerprint density at radius 1 is 1.63 bits per heavy atom. The van der Waals surface area contributed by atoms with Gasteiger partial charge in [0, 0.05) is 6.42 Å². The summed E-state index contributed by atoms with van der Waals surface area (Å²) in [5.41, 5.74) is 1.73. The molecular weight excluding hydrogens is 270 g/mol. The molecule has 2 N–H and O–H groups in total. The second kappa shape index (κ2) is 5.88. The molecule has 0 radical (unpaired) electrons. The monoisotopic (exact) mass is 283 g/mol. The second-order valence-corrected chi connectivity index (χ2v) is 4.48. The Kier molecular flexibility index (Phi) is 4.21. The molecular formula is C12H14ClN3O3. The van der Waals surface area contributed by atoms with Crippen molar-refractivity contribution in [3.05, 3.63) is 23.0 Å². The highest BCUT2D eigenvalue weighted by atomic mass is 35.5. The standard InChI is InChI=1S/C12H14ClN3O3/c1-2-19-11(17)6-15-12(18)8-3-7-4-10(13)14-5-9(7)16-8/h4-5,8,16H,2-3,6H2,1H3,(H,15,18). The van der Waals surface area contributed by atoms with Gasteiger partial charge in [0.05, 0.1) is 18.5 Å². The van der Waals surface area contributed by atoms with E-state index in [-0.39, 0.29) is 12.5 Å². The van der Waals surface area contributed by atoms with E-state index in [1.807, 2.05) is 0 Å². The third kappa shape index (κ3) is 3.35. The van der Waals surface area contributed by atoms with Gasteiger partial charge in [-0.1, -0.05) is 11.6 Å². The van der Waals surface area contributed by atoms with Crippen LogP contribution in [0.3, 0.4) is 0 Å². The maximum Gasteiger partial charge on any atom is 0.325 e. The molecule has 0 bridgehead atoms. The van der Waals surface area contributed by atoms with Gasteiger partial charge in [-0.25, -0.2) is 4.98 Å². The van der Waals surface area contributed by atoms with Crippen LogP contribution in [0.15, 0.2) is 12.3 Å². The molecule has 1 unspecified atom stereocenters. The average molecular weight is 284 g/mol. The molecule has 6 nitrogen and oxygen atoms in total. The van der Waals surface area contributed by atoms with Crippen LogP contribution < -0.4 is 10.6 Å². The lowest BCUT2D eigenvalue weighted by Crippen LogP contribution is -2.41. The molecule has 0 saturated heterocycles. The largest absolute Gasteiger partial charge is 0.465 e. The summed E-state index contributed by atoms with van der Waals surface area (Å²) in [7, 11) is 0. The summed E-state index contributed by atoms with van der Waals surface area (Å²) in [5, 5.41) is 5.96. The van der Waals surface area contributed by atoms with E-state index in [1.54, 1.807) is 19.2 Å². The van der Waals surface area contributed by atoms with Crippen molar-refractivity contribution in [2.45, 2.75) is 19.4 Å². The molecule has 1 aromatic rings. The number of pyridine rings is 1. The lowest BCUT2D eigenvalue weighted by molar-refractivity contribution is -0.143. The number of esters is 1. The van der Waals surface area contributed by atoms with Gasteiger partial charge in [-0.05, 0) is 18.6 Å². The minimum atomic E-state index is -0.448. The first kappa shape index (κ1) is 13.6. The zero-order valence-corrected chi connectivity index (χ0v) is 11.2. The Balaban J connectivity index is 1.88. The fourth-order valence-electron chi connectivity index (χ4n) is 1.88. The maximum absolute atomic E-state index is 11.9. The van der Waals surface area contributed by atoms with Crippen molar-refractivity contribution in [3.8, 4) is 0 Å². The number of aromatic nitrogens is 1. The number of anilines is 1. The molecule has 1 aliphatic rings. The number of hydrogen-bond acceptors (Lipinski definition) is 5. The van der Waals surface area contributed by atoms with Crippen molar-refractivity contribution in [2.75, 3.05) is 18.5 Å². The molecule has 0 saturated carbocycles. The Morgan fingerprint density at radius 2 is 2.42 bits per heavy atom. The zero-order chi connectivity index (χ0) is 13.8. The van der Waals surface area contributed by atoms with E-state index >= 15 is 0 Å². The number of ether oxygens (including phenoxy) is 1. The van der Waals surface area contributed by atoms with Crippen molar-refractivity contribution in [1.82, 2.24) is 10.3 Å². The number of nitrogens with zero attached hydrogens (tertiary/aromatic N) is 1. The second-order valence-electron chi connectivity index (χ2n) is 4.09. The van der Waals surface area contributed by atoms with Gasteiger partial charge < -0.3 is 15.4 Å². The number of carbonyl (C=O) groups is 2. The maximum atomic E-state index is 11.9.